The van der Waals surface area contributed by atoms with Crippen LogP contribution in [0.1, 0.15) is 24.1 Å². The highest BCUT2D eigenvalue weighted by Gasteiger charge is 2.18. The van der Waals surface area contributed by atoms with Crippen LogP contribution < -0.4 is 5.32 Å². The molecule has 0 spiro atoms. The number of nitrogens with zero attached hydrogens (tertiary/aromatic N) is 1. The van der Waals surface area contributed by atoms with Crippen molar-refractivity contribution in [2.45, 2.75) is 13.0 Å². The van der Waals surface area contributed by atoms with E-state index in [9.17, 15) is 0 Å². The molecule has 0 amide bonds. The molecule has 2 heterocycles. The van der Waals surface area contributed by atoms with Crippen molar-refractivity contribution < 1.29 is 0 Å². The van der Waals surface area contributed by atoms with Gasteiger partial charge in [-0.2, -0.15) is 11.3 Å². The van der Waals surface area contributed by atoms with Crippen molar-refractivity contribution in [2.75, 3.05) is 6.54 Å². The maximum Gasteiger partial charge on any atom is 0.0705 e. The molecule has 0 fully saturated rings. The highest BCUT2D eigenvalue weighted by atomic mass is 79.9. The van der Waals surface area contributed by atoms with Gasteiger partial charge in [0, 0.05) is 21.4 Å². The van der Waals surface area contributed by atoms with E-state index in [1.165, 1.54) is 16.5 Å². The maximum atomic E-state index is 4.45. The number of para-hydroxylation sites is 1. The van der Waals surface area contributed by atoms with Gasteiger partial charge in [0.1, 0.15) is 0 Å². The zero-order valence-electron chi connectivity index (χ0n) is 11.1. The van der Waals surface area contributed by atoms with E-state index >= 15 is 0 Å². The molecule has 1 unspecified atom stereocenters. The summed E-state index contributed by atoms with van der Waals surface area (Å²) in [5.74, 6) is 0. The lowest BCUT2D eigenvalue weighted by atomic mass is 9.97. The molecule has 0 aliphatic heterocycles. The van der Waals surface area contributed by atoms with Crippen LogP contribution in [0.3, 0.4) is 0 Å². The normalized spacial score (nSPS) is 12.7. The third kappa shape index (κ3) is 2.51. The van der Waals surface area contributed by atoms with Crippen molar-refractivity contribution in [1.29, 1.82) is 0 Å². The highest BCUT2D eigenvalue weighted by molar-refractivity contribution is 9.10. The number of pyridine rings is 1. The number of benzene rings is 1. The van der Waals surface area contributed by atoms with Crippen LogP contribution in [0.2, 0.25) is 0 Å². The SMILES string of the molecule is CCNC(c1cscc1Br)c1ccnc2ccccc12. The fourth-order valence-corrected chi connectivity index (χ4v) is 4.01. The Labute approximate surface area is 131 Å². The Bertz CT molecular complexity index is 718. The van der Waals surface area contributed by atoms with Crippen LogP contribution in [0.5, 0.6) is 0 Å². The third-order valence-electron chi connectivity index (χ3n) is 3.36. The average molecular weight is 347 g/mol. The maximum absolute atomic E-state index is 4.45. The van der Waals surface area contributed by atoms with Gasteiger partial charge in [-0.3, -0.25) is 4.98 Å². The van der Waals surface area contributed by atoms with Gasteiger partial charge in [-0.05, 0) is 51.1 Å². The van der Waals surface area contributed by atoms with Crippen LogP contribution in [0.25, 0.3) is 10.9 Å². The van der Waals surface area contributed by atoms with E-state index < -0.39 is 0 Å². The summed E-state index contributed by atoms with van der Waals surface area (Å²) in [6, 6.07) is 10.6. The molecule has 0 aliphatic rings. The smallest absolute Gasteiger partial charge is 0.0705 e. The van der Waals surface area contributed by atoms with Crippen molar-refractivity contribution in [3.8, 4) is 0 Å². The first kappa shape index (κ1) is 13.7. The number of halogens is 1. The van der Waals surface area contributed by atoms with Crippen LogP contribution in [0.4, 0.5) is 0 Å². The summed E-state index contributed by atoms with van der Waals surface area (Å²) in [5, 5.41) is 9.12. The van der Waals surface area contributed by atoms with Crippen LogP contribution in [0, 0.1) is 0 Å². The fraction of sp³-hybridized carbons (Fsp3) is 0.188. The minimum atomic E-state index is 0.188. The summed E-state index contributed by atoms with van der Waals surface area (Å²) in [5.41, 5.74) is 3.60. The summed E-state index contributed by atoms with van der Waals surface area (Å²) < 4.78 is 1.16. The molecule has 4 heteroatoms. The topological polar surface area (TPSA) is 24.9 Å². The molecule has 1 atom stereocenters. The summed E-state index contributed by atoms with van der Waals surface area (Å²) >= 11 is 5.37. The summed E-state index contributed by atoms with van der Waals surface area (Å²) in [6.45, 7) is 3.06. The zero-order valence-corrected chi connectivity index (χ0v) is 13.5. The van der Waals surface area contributed by atoms with Gasteiger partial charge in [-0.25, -0.2) is 0 Å². The molecule has 3 rings (SSSR count). The summed E-state index contributed by atoms with van der Waals surface area (Å²) in [6.07, 6.45) is 1.89. The van der Waals surface area contributed by atoms with E-state index in [-0.39, 0.29) is 6.04 Å². The molecule has 0 aliphatic carbocycles. The first-order valence-electron chi connectivity index (χ1n) is 6.60. The Balaban J connectivity index is 2.17. The van der Waals surface area contributed by atoms with Gasteiger partial charge in [0.15, 0.2) is 0 Å². The molecule has 1 N–H and O–H groups in total. The average Bonchev–Trinajstić information content (AvgIpc) is 2.90. The Hall–Kier alpha value is -1.23. The van der Waals surface area contributed by atoms with E-state index in [0.717, 1.165) is 16.5 Å². The van der Waals surface area contributed by atoms with Gasteiger partial charge in [0.05, 0.1) is 11.6 Å². The second kappa shape index (κ2) is 6.04. The number of hydrogen-bond donors (Lipinski definition) is 1. The third-order valence-corrected chi connectivity index (χ3v) is 5.11. The summed E-state index contributed by atoms with van der Waals surface area (Å²) in [4.78, 5) is 4.45. The Morgan fingerprint density at radius 2 is 2.05 bits per heavy atom. The predicted octanol–water partition coefficient (Wildman–Crippen LogP) is 4.76. The van der Waals surface area contributed by atoms with Crippen molar-refractivity contribution in [2.24, 2.45) is 0 Å². The highest BCUT2D eigenvalue weighted by Crippen LogP contribution is 2.34. The van der Waals surface area contributed by atoms with Crippen LogP contribution in [-0.2, 0) is 0 Å². The largest absolute Gasteiger partial charge is 0.306 e. The Morgan fingerprint density at radius 1 is 1.20 bits per heavy atom. The van der Waals surface area contributed by atoms with Gasteiger partial charge in [0.2, 0.25) is 0 Å². The van der Waals surface area contributed by atoms with Gasteiger partial charge in [0.25, 0.3) is 0 Å². The number of rotatable bonds is 4. The monoisotopic (exact) mass is 346 g/mol. The van der Waals surface area contributed by atoms with Crippen LogP contribution in [0.15, 0.2) is 51.8 Å². The molecule has 0 saturated carbocycles. The number of hydrogen-bond acceptors (Lipinski definition) is 3. The lowest BCUT2D eigenvalue weighted by molar-refractivity contribution is 0.634. The van der Waals surface area contributed by atoms with Gasteiger partial charge in [-0.1, -0.05) is 25.1 Å². The number of thiophene rings is 1. The Kier molecular flexibility index (Phi) is 4.15. The number of fused-ring (bicyclic) bond motifs is 1. The first-order valence-corrected chi connectivity index (χ1v) is 8.33. The second-order valence-electron chi connectivity index (χ2n) is 4.58. The standard InChI is InChI=1S/C16H15BrN2S/c1-2-18-16(13-9-20-10-14(13)17)12-7-8-19-15-6-4-3-5-11(12)15/h3-10,16,18H,2H2,1H3. The van der Waals surface area contributed by atoms with Crippen molar-refractivity contribution in [1.82, 2.24) is 10.3 Å². The molecule has 2 nitrogen and oxygen atoms in total. The molecule has 0 radical (unpaired) electrons. The molecular formula is C16H15BrN2S. The molecule has 0 bridgehead atoms. The molecule has 20 heavy (non-hydrogen) atoms. The number of nitrogens with one attached hydrogen (secondary N) is 1. The quantitative estimate of drug-likeness (QED) is 0.736. The van der Waals surface area contributed by atoms with Crippen molar-refractivity contribution in [3.05, 3.63) is 62.9 Å². The molecule has 3 aromatic rings. The van der Waals surface area contributed by atoms with E-state index in [2.05, 4.69) is 68.2 Å². The lowest BCUT2D eigenvalue weighted by Crippen LogP contribution is -2.22. The molecular weight excluding hydrogens is 332 g/mol. The van der Waals surface area contributed by atoms with E-state index in [1.807, 2.05) is 12.3 Å². The fourth-order valence-electron chi connectivity index (χ4n) is 2.46. The van der Waals surface area contributed by atoms with Crippen LogP contribution in [-0.4, -0.2) is 11.5 Å². The summed E-state index contributed by atoms with van der Waals surface area (Å²) in [7, 11) is 0. The number of aromatic nitrogens is 1. The van der Waals surface area contributed by atoms with Gasteiger partial charge in [-0.15, -0.1) is 0 Å². The minimum Gasteiger partial charge on any atom is -0.306 e. The first-order chi connectivity index (χ1) is 9.81. The van der Waals surface area contributed by atoms with E-state index in [0.29, 0.717) is 0 Å². The van der Waals surface area contributed by atoms with Crippen molar-refractivity contribution in [3.63, 3.8) is 0 Å². The van der Waals surface area contributed by atoms with Gasteiger partial charge >= 0.3 is 0 Å². The van der Waals surface area contributed by atoms with Gasteiger partial charge < -0.3 is 5.32 Å². The predicted molar refractivity (Wildman–Crippen MR) is 89.3 cm³/mol. The lowest BCUT2D eigenvalue weighted by Gasteiger charge is -2.20. The molecule has 2 aromatic heterocycles. The van der Waals surface area contributed by atoms with Crippen LogP contribution >= 0.6 is 27.3 Å². The Morgan fingerprint density at radius 3 is 2.80 bits per heavy atom. The zero-order chi connectivity index (χ0) is 13.9. The van der Waals surface area contributed by atoms with E-state index in [1.54, 1.807) is 11.3 Å². The second-order valence-corrected chi connectivity index (χ2v) is 6.18. The molecule has 102 valence electrons. The van der Waals surface area contributed by atoms with Crippen molar-refractivity contribution >= 4 is 38.2 Å². The van der Waals surface area contributed by atoms with E-state index in [4.69, 9.17) is 0 Å². The molecule has 1 aromatic carbocycles. The minimum absolute atomic E-state index is 0.188. The molecule has 0 saturated heterocycles.